The summed E-state index contributed by atoms with van der Waals surface area (Å²) in [5.41, 5.74) is 2.22. The number of rotatable bonds is 2. The lowest BCUT2D eigenvalue weighted by molar-refractivity contribution is 0.928. The van der Waals surface area contributed by atoms with Gasteiger partial charge in [-0.3, -0.25) is 5.10 Å². The predicted octanol–water partition coefficient (Wildman–Crippen LogP) is 2.94. The Bertz CT molecular complexity index is 379. The van der Waals surface area contributed by atoms with Crippen molar-refractivity contribution in [3.8, 4) is 0 Å². The number of nitrogens with one attached hydrogen (secondary N) is 1. The van der Waals surface area contributed by atoms with Crippen molar-refractivity contribution in [3.05, 3.63) is 24.0 Å². The van der Waals surface area contributed by atoms with Gasteiger partial charge < -0.3 is 0 Å². The van der Waals surface area contributed by atoms with Gasteiger partial charge in [-0.2, -0.15) is 5.10 Å². The molecule has 0 aliphatic carbocycles. The van der Waals surface area contributed by atoms with Crippen molar-refractivity contribution in [1.82, 2.24) is 15.2 Å². The first-order valence-corrected chi connectivity index (χ1v) is 5.18. The zero-order valence-electron chi connectivity index (χ0n) is 9.04. The van der Waals surface area contributed by atoms with E-state index >= 15 is 0 Å². The second-order valence-corrected chi connectivity index (χ2v) is 2.85. The number of pyridine rings is 1. The Morgan fingerprint density at radius 3 is 2.86 bits per heavy atom. The van der Waals surface area contributed by atoms with Crippen LogP contribution in [0.25, 0.3) is 11.0 Å². The van der Waals surface area contributed by atoms with E-state index in [-0.39, 0.29) is 0 Å². The number of hydrogen-bond acceptors (Lipinski definition) is 2. The average molecular weight is 191 g/mol. The Morgan fingerprint density at radius 1 is 1.36 bits per heavy atom. The van der Waals surface area contributed by atoms with E-state index in [2.05, 4.69) is 28.2 Å². The second-order valence-electron chi connectivity index (χ2n) is 2.85. The van der Waals surface area contributed by atoms with Crippen LogP contribution in [0.15, 0.2) is 18.5 Å². The van der Waals surface area contributed by atoms with Crippen molar-refractivity contribution in [3.63, 3.8) is 0 Å². The second kappa shape index (κ2) is 5.37. The third-order valence-corrected chi connectivity index (χ3v) is 1.96. The minimum absolute atomic E-state index is 0.890. The Morgan fingerprint density at radius 2 is 2.14 bits per heavy atom. The van der Waals surface area contributed by atoms with Gasteiger partial charge in [-0.25, -0.2) is 4.98 Å². The number of aromatic amines is 1. The van der Waals surface area contributed by atoms with Crippen LogP contribution in [0.3, 0.4) is 0 Å². The molecule has 0 fully saturated rings. The van der Waals surface area contributed by atoms with Gasteiger partial charge in [-0.1, -0.05) is 27.2 Å². The molecule has 0 amide bonds. The highest BCUT2D eigenvalue weighted by molar-refractivity contribution is 5.77. The smallest absolute Gasteiger partial charge is 0.155 e. The van der Waals surface area contributed by atoms with E-state index in [4.69, 9.17) is 0 Å². The van der Waals surface area contributed by atoms with Gasteiger partial charge in [0.2, 0.25) is 0 Å². The summed E-state index contributed by atoms with van der Waals surface area (Å²) < 4.78 is 0. The number of hydrogen-bond donors (Lipinski definition) is 1. The van der Waals surface area contributed by atoms with Crippen LogP contribution in [-0.4, -0.2) is 15.2 Å². The molecule has 0 bridgehead atoms. The van der Waals surface area contributed by atoms with Gasteiger partial charge >= 0.3 is 0 Å². The molecule has 14 heavy (non-hydrogen) atoms. The van der Waals surface area contributed by atoms with Crippen LogP contribution in [0.1, 0.15) is 32.8 Å². The summed E-state index contributed by atoms with van der Waals surface area (Å²) in [5.74, 6) is 0. The Labute approximate surface area is 84.6 Å². The molecular weight excluding hydrogens is 174 g/mol. The fraction of sp³-hybridized carbons (Fsp3) is 0.455. The van der Waals surface area contributed by atoms with E-state index in [0.717, 1.165) is 23.9 Å². The summed E-state index contributed by atoms with van der Waals surface area (Å²) in [7, 11) is 0. The molecule has 76 valence electrons. The van der Waals surface area contributed by atoms with Gasteiger partial charge in [0.05, 0.1) is 6.20 Å². The largest absolute Gasteiger partial charge is 0.261 e. The maximum Gasteiger partial charge on any atom is 0.155 e. The number of fused-ring (bicyclic) bond motifs is 1. The molecule has 0 unspecified atom stereocenters. The molecule has 0 saturated heterocycles. The lowest BCUT2D eigenvalue weighted by atomic mass is 10.1. The van der Waals surface area contributed by atoms with Crippen LogP contribution in [-0.2, 0) is 6.42 Å². The van der Waals surface area contributed by atoms with Crippen LogP contribution in [0, 0.1) is 0 Å². The first-order valence-electron chi connectivity index (χ1n) is 5.18. The first-order chi connectivity index (χ1) is 6.92. The molecule has 0 radical (unpaired) electrons. The number of aryl methyl sites for hydroxylation is 1. The van der Waals surface area contributed by atoms with E-state index in [1.54, 1.807) is 0 Å². The van der Waals surface area contributed by atoms with Crippen molar-refractivity contribution in [2.75, 3.05) is 0 Å². The van der Waals surface area contributed by atoms with Gasteiger partial charge in [-0.05, 0) is 18.1 Å². The molecule has 2 aromatic rings. The number of nitrogens with zero attached hydrogens (tertiary/aromatic N) is 2. The third kappa shape index (κ3) is 2.10. The minimum atomic E-state index is 0.890. The molecule has 0 atom stereocenters. The molecule has 0 aromatic carbocycles. The van der Waals surface area contributed by atoms with E-state index in [1.165, 1.54) is 5.56 Å². The van der Waals surface area contributed by atoms with E-state index in [9.17, 15) is 0 Å². The Kier molecular flexibility index (Phi) is 4.11. The molecule has 0 spiro atoms. The average Bonchev–Trinajstić information content (AvgIpc) is 2.70. The zero-order chi connectivity index (χ0) is 10.4. The van der Waals surface area contributed by atoms with Gasteiger partial charge in [0.15, 0.2) is 5.65 Å². The quantitative estimate of drug-likeness (QED) is 0.793. The Hall–Kier alpha value is -1.38. The maximum atomic E-state index is 4.17. The minimum Gasteiger partial charge on any atom is -0.261 e. The van der Waals surface area contributed by atoms with E-state index in [1.807, 2.05) is 26.2 Å². The highest BCUT2D eigenvalue weighted by atomic mass is 15.1. The fourth-order valence-electron chi connectivity index (χ4n) is 1.39. The molecule has 2 rings (SSSR count). The van der Waals surface area contributed by atoms with Gasteiger partial charge in [0.1, 0.15) is 0 Å². The molecular formula is C11H17N3. The van der Waals surface area contributed by atoms with Gasteiger partial charge in [-0.15, -0.1) is 0 Å². The monoisotopic (exact) mass is 191 g/mol. The molecule has 3 heteroatoms. The number of aromatic nitrogens is 3. The summed E-state index contributed by atoms with van der Waals surface area (Å²) in [4.78, 5) is 4.17. The summed E-state index contributed by atoms with van der Waals surface area (Å²) in [5, 5.41) is 7.97. The van der Waals surface area contributed by atoms with Crippen LogP contribution in [0.2, 0.25) is 0 Å². The maximum absolute atomic E-state index is 4.17. The summed E-state index contributed by atoms with van der Waals surface area (Å²) in [6, 6.07) is 2.06. The molecule has 0 aliphatic rings. The van der Waals surface area contributed by atoms with Crippen LogP contribution in [0.4, 0.5) is 0 Å². The summed E-state index contributed by atoms with van der Waals surface area (Å²) >= 11 is 0. The van der Waals surface area contributed by atoms with Crippen molar-refractivity contribution < 1.29 is 0 Å². The van der Waals surface area contributed by atoms with E-state index < -0.39 is 0 Å². The SMILES string of the molecule is CC.CCCc1ccnc2[nH]ncc12. The van der Waals surface area contributed by atoms with Crippen molar-refractivity contribution in [1.29, 1.82) is 0 Å². The van der Waals surface area contributed by atoms with Gasteiger partial charge in [0, 0.05) is 11.6 Å². The lowest BCUT2D eigenvalue weighted by Gasteiger charge is -1.97. The highest BCUT2D eigenvalue weighted by Crippen LogP contribution is 2.14. The molecule has 0 saturated carbocycles. The standard InChI is InChI=1S/C9H11N3.C2H6/c1-2-3-7-4-5-10-9-8(7)6-11-12-9;1-2/h4-6H,2-3H2,1H3,(H,10,11,12);1-2H3. The third-order valence-electron chi connectivity index (χ3n) is 1.96. The van der Waals surface area contributed by atoms with E-state index in [0.29, 0.717) is 0 Å². The van der Waals surface area contributed by atoms with Crippen molar-refractivity contribution >= 4 is 11.0 Å². The van der Waals surface area contributed by atoms with Crippen LogP contribution >= 0.6 is 0 Å². The molecule has 1 N–H and O–H groups in total. The fourth-order valence-corrected chi connectivity index (χ4v) is 1.39. The molecule has 0 aliphatic heterocycles. The topological polar surface area (TPSA) is 41.6 Å². The highest BCUT2D eigenvalue weighted by Gasteiger charge is 2.01. The molecule has 3 nitrogen and oxygen atoms in total. The van der Waals surface area contributed by atoms with Gasteiger partial charge in [0.25, 0.3) is 0 Å². The van der Waals surface area contributed by atoms with Crippen LogP contribution in [0.5, 0.6) is 0 Å². The van der Waals surface area contributed by atoms with Crippen molar-refractivity contribution in [2.24, 2.45) is 0 Å². The van der Waals surface area contributed by atoms with Crippen LogP contribution < -0.4 is 0 Å². The predicted molar refractivity (Wildman–Crippen MR) is 59.2 cm³/mol. The van der Waals surface area contributed by atoms with Crippen molar-refractivity contribution in [2.45, 2.75) is 33.6 Å². The Balaban J connectivity index is 0.000000461. The lowest BCUT2D eigenvalue weighted by Crippen LogP contribution is -1.85. The molecule has 2 heterocycles. The molecule has 2 aromatic heterocycles. The summed E-state index contributed by atoms with van der Waals surface area (Å²) in [6.45, 7) is 6.17. The zero-order valence-corrected chi connectivity index (χ0v) is 9.04. The number of H-pyrrole nitrogens is 1. The normalized spacial score (nSPS) is 9.64. The first kappa shape index (κ1) is 10.7. The summed E-state index contributed by atoms with van der Waals surface area (Å²) in [6.07, 6.45) is 5.92.